The Hall–Kier alpha value is -2.41. The molecule has 1 fully saturated rings. The van der Waals surface area contributed by atoms with Crippen molar-refractivity contribution in [2.75, 3.05) is 10.0 Å². The third-order valence-electron chi connectivity index (χ3n) is 3.46. The van der Waals surface area contributed by atoms with Crippen molar-refractivity contribution in [1.82, 2.24) is 0 Å². The molecule has 0 atom stereocenters. The number of nitrogens with one attached hydrogen (secondary N) is 2. The molecule has 1 amide bonds. The second-order valence-electron chi connectivity index (χ2n) is 5.38. The van der Waals surface area contributed by atoms with Crippen molar-refractivity contribution in [3.05, 3.63) is 54.3 Å². The largest absolute Gasteiger partial charge is 0.326 e. The molecule has 1 aliphatic rings. The SMILES string of the molecule is O=C(Nc1cccc(NS(=O)(=O)c2ccccc2F)c1)C1CC1. The van der Waals surface area contributed by atoms with E-state index in [0.717, 1.165) is 18.9 Å². The van der Waals surface area contributed by atoms with E-state index in [0.29, 0.717) is 5.69 Å². The Morgan fingerprint density at radius 2 is 1.74 bits per heavy atom. The summed E-state index contributed by atoms with van der Waals surface area (Å²) >= 11 is 0. The first-order valence-corrected chi connectivity index (χ1v) is 8.62. The van der Waals surface area contributed by atoms with Gasteiger partial charge in [0.1, 0.15) is 10.7 Å². The van der Waals surface area contributed by atoms with Gasteiger partial charge in [0.25, 0.3) is 10.0 Å². The van der Waals surface area contributed by atoms with Crippen LogP contribution in [0.5, 0.6) is 0 Å². The zero-order chi connectivity index (χ0) is 16.4. The van der Waals surface area contributed by atoms with Gasteiger partial charge in [0.2, 0.25) is 5.91 Å². The van der Waals surface area contributed by atoms with Gasteiger partial charge in [-0.3, -0.25) is 9.52 Å². The minimum absolute atomic E-state index is 0.0498. The molecule has 7 heteroatoms. The van der Waals surface area contributed by atoms with Crippen LogP contribution in [-0.4, -0.2) is 14.3 Å². The number of carbonyl (C=O) groups is 1. The zero-order valence-electron chi connectivity index (χ0n) is 12.1. The van der Waals surface area contributed by atoms with Crippen molar-refractivity contribution in [1.29, 1.82) is 0 Å². The Balaban J connectivity index is 1.79. The fraction of sp³-hybridized carbons (Fsp3) is 0.188. The summed E-state index contributed by atoms with van der Waals surface area (Å²) in [6.07, 6.45) is 1.76. The number of sulfonamides is 1. The monoisotopic (exact) mass is 334 g/mol. The second-order valence-corrected chi connectivity index (χ2v) is 7.03. The van der Waals surface area contributed by atoms with Crippen LogP contribution in [0.1, 0.15) is 12.8 Å². The maximum absolute atomic E-state index is 13.7. The molecule has 2 aromatic carbocycles. The van der Waals surface area contributed by atoms with E-state index in [4.69, 9.17) is 0 Å². The van der Waals surface area contributed by atoms with Crippen LogP contribution in [0, 0.1) is 11.7 Å². The summed E-state index contributed by atoms with van der Waals surface area (Å²) in [4.78, 5) is 11.3. The zero-order valence-corrected chi connectivity index (χ0v) is 12.9. The van der Waals surface area contributed by atoms with Crippen LogP contribution in [0.2, 0.25) is 0 Å². The molecule has 0 aromatic heterocycles. The minimum Gasteiger partial charge on any atom is -0.326 e. The van der Waals surface area contributed by atoms with E-state index in [9.17, 15) is 17.6 Å². The van der Waals surface area contributed by atoms with Gasteiger partial charge in [-0.1, -0.05) is 18.2 Å². The Bertz CT molecular complexity index is 848. The highest BCUT2D eigenvalue weighted by Gasteiger charge is 2.29. The topological polar surface area (TPSA) is 75.3 Å². The highest BCUT2D eigenvalue weighted by atomic mass is 32.2. The molecule has 0 radical (unpaired) electrons. The number of hydrogen-bond acceptors (Lipinski definition) is 3. The summed E-state index contributed by atoms with van der Waals surface area (Å²) in [5.74, 6) is -0.842. The van der Waals surface area contributed by atoms with Crippen LogP contribution >= 0.6 is 0 Å². The number of amides is 1. The number of anilines is 2. The van der Waals surface area contributed by atoms with E-state index < -0.39 is 20.7 Å². The van der Waals surface area contributed by atoms with E-state index >= 15 is 0 Å². The summed E-state index contributed by atoms with van der Waals surface area (Å²) in [5.41, 5.74) is 0.748. The van der Waals surface area contributed by atoms with E-state index in [1.807, 2.05) is 0 Å². The van der Waals surface area contributed by atoms with Gasteiger partial charge in [0.15, 0.2) is 0 Å². The normalized spacial score (nSPS) is 14.3. The van der Waals surface area contributed by atoms with Gasteiger partial charge in [-0.25, -0.2) is 12.8 Å². The fourth-order valence-electron chi connectivity index (χ4n) is 2.12. The lowest BCUT2D eigenvalue weighted by atomic mass is 10.2. The van der Waals surface area contributed by atoms with E-state index in [2.05, 4.69) is 10.0 Å². The third-order valence-corrected chi connectivity index (χ3v) is 4.87. The molecule has 0 bridgehead atoms. The highest BCUT2D eigenvalue weighted by molar-refractivity contribution is 7.92. The van der Waals surface area contributed by atoms with Crippen LogP contribution < -0.4 is 10.0 Å². The molecule has 3 rings (SSSR count). The fourth-order valence-corrected chi connectivity index (χ4v) is 3.25. The van der Waals surface area contributed by atoms with Crippen LogP contribution in [0.3, 0.4) is 0 Å². The molecule has 0 spiro atoms. The molecule has 1 aliphatic carbocycles. The first kappa shape index (κ1) is 15.5. The van der Waals surface area contributed by atoms with Crippen molar-refractivity contribution in [2.45, 2.75) is 17.7 Å². The average Bonchev–Trinajstić information content (AvgIpc) is 3.32. The van der Waals surface area contributed by atoms with Crippen molar-refractivity contribution in [2.24, 2.45) is 5.92 Å². The molecule has 1 saturated carbocycles. The molecular weight excluding hydrogens is 319 g/mol. The third kappa shape index (κ3) is 3.68. The number of hydrogen-bond donors (Lipinski definition) is 2. The molecule has 0 saturated heterocycles. The molecule has 120 valence electrons. The van der Waals surface area contributed by atoms with Crippen LogP contribution in [0.15, 0.2) is 53.4 Å². The molecule has 23 heavy (non-hydrogen) atoms. The Morgan fingerprint density at radius 3 is 2.43 bits per heavy atom. The molecule has 0 aliphatic heterocycles. The first-order valence-electron chi connectivity index (χ1n) is 7.14. The maximum atomic E-state index is 13.7. The Kier molecular flexibility index (Phi) is 4.04. The standard InChI is InChI=1S/C16H15FN2O3S/c17-14-6-1-2-7-15(14)23(21,22)19-13-5-3-4-12(10-13)18-16(20)11-8-9-11/h1-7,10-11,19H,8-9H2,(H,18,20). The predicted molar refractivity (Wildman–Crippen MR) is 85.0 cm³/mol. The second kappa shape index (κ2) is 6.00. The average molecular weight is 334 g/mol. The molecule has 5 nitrogen and oxygen atoms in total. The summed E-state index contributed by atoms with van der Waals surface area (Å²) in [7, 11) is -4.03. The highest BCUT2D eigenvalue weighted by Crippen LogP contribution is 2.30. The molecule has 0 unspecified atom stereocenters. The lowest BCUT2D eigenvalue weighted by molar-refractivity contribution is -0.117. The van der Waals surface area contributed by atoms with E-state index in [1.165, 1.54) is 30.3 Å². The van der Waals surface area contributed by atoms with Crippen LogP contribution in [-0.2, 0) is 14.8 Å². The smallest absolute Gasteiger partial charge is 0.264 e. The predicted octanol–water partition coefficient (Wildman–Crippen LogP) is 2.98. The van der Waals surface area contributed by atoms with Gasteiger partial charge < -0.3 is 5.32 Å². The molecule has 2 N–H and O–H groups in total. The van der Waals surface area contributed by atoms with Crippen molar-refractivity contribution >= 4 is 27.3 Å². The van der Waals surface area contributed by atoms with Gasteiger partial charge in [0, 0.05) is 11.6 Å². The van der Waals surface area contributed by atoms with Crippen molar-refractivity contribution < 1.29 is 17.6 Å². The summed E-state index contributed by atoms with van der Waals surface area (Å²) in [6, 6.07) is 11.5. The quantitative estimate of drug-likeness (QED) is 0.883. The van der Waals surface area contributed by atoms with Crippen LogP contribution in [0.4, 0.5) is 15.8 Å². The van der Waals surface area contributed by atoms with Gasteiger partial charge >= 0.3 is 0 Å². The lowest BCUT2D eigenvalue weighted by Gasteiger charge is -2.10. The number of benzene rings is 2. The maximum Gasteiger partial charge on any atom is 0.264 e. The first-order chi connectivity index (χ1) is 11.0. The Labute approximate surface area is 133 Å². The Morgan fingerprint density at radius 1 is 1.04 bits per heavy atom. The molecular formula is C16H15FN2O3S. The van der Waals surface area contributed by atoms with Gasteiger partial charge in [-0.05, 0) is 43.2 Å². The van der Waals surface area contributed by atoms with Crippen molar-refractivity contribution in [3.8, 4) is 0 Å². The van der Waals surface area contributed by atoms with Crippen LogP contribution in [0.25, 0.3) is 0 Å². The van der Waals surface area contributed by atoms with E-state index in [-0.39, 0.29) is 17.5 Å². The van der Waals surface area contributed by atoms with Gasteiger partial charge in [-0.15, -0.1) is 0 Å². The number of carbonyl (C=O) groups excluding carboxylic acids is 1. The summed E-state index contributed by atoms with van der Waals surface area (Å²) in [6.45, 7) is 0. The lowest BCUT2D eigenvalue weighted by Crippen LogP contribution is -2.16. The molecule has 2 aromatic rings. The molecule has 0 heterocycles. The summed E-state index contributed by atoms with van der Waals surface area (Å²) in [5, 5.41) is 2.73. The number of rotatable bonds is 5. The van der Waals surface area contributed by atoms with E-state index in [1.54, 1.807) is 12.1 Å². The van der Waals surface area contributed by atoms with Gasteiger partial charge in [-0.2, -0.15) is 0 Å². The van der Waals surface area contributed by atoms with Gasteiger partial charge in [0.05, 0.1) is 5.69 Å². The summed E-state index contributed by atoms with van der Waals surface area (Å²) < 4.78 is 40.4. The number of halogens is 1. The minimum atomic E-state index is -4.03. The van der Waals surface area contributed by atoms with Crippen molar-refractivity contribution in [3.63, 3.8) is 0 Å².